The molecular formula is C23H16F2N6OS. The summed E-state index contributed by atoms with van der Waals surface area (Å²) in [4.78, 5) is 17.9. The van der Waals surface area contributed by atoms with Gasteiger partial charge in [-0.1, -0.05) is 47.7 Å². The van der Waals surface area contributed by atoms with Gasteiger partial charge >= 0.3 is 0 Å². The number of aromatic nitrogens is 5. The number of fused-ring (bicyclic) bond motifs is 1. The Morgan fingerprint density at radius 3 is 2.55 bits per heavy atom. The number of rotatable bonds is 5. The van der Waals surface area contributed by atoms with Crippen LogP contribution in [0.2, 0.25) is 0 Å². The van der Waals surface area contributed by atoms with Crippen LogP contribution in [-0.4, -0.2) is 30.9 Å². The molecule has 0 unspecified atom stereocenters. The number of amides is 1. The lowest BCUT2D eigenvalue weighted by molar-refractivity contribution is 0.102. The standard InChI is InChI=1S/C23H16F2N6OS/c1-2-31-20-15(12-26-31)14(11-18(27-20)13-7-4-3-5-8-13)21(32)28-23-30-29-22(33-23)19-16(24)9-6-10-17(19)25/h3-12H,2H2,1H3,(H,28,30,32). The molecule has 5 aromatic rings. The molecule has 0 bridgehead atoms. The molecule has 10 heteroatoms. The number of hydrogen-bond acceptors (Lipinski definition) is 6. The molecule has 1 amide bonds. The number of anilines is 1. The van der Waals surface area contributed by atoms with Crippen molar-refractivity contribution in [2.75, 3.05) is 5.32 Å². The Hall–Kier alpha value is -4.05. The van der Waals surface area contributed by atoms with E-state index in [-0.39, 0.29) is 15.7 Å². The summed E-state index contributed by atoms with van der Waals surface area (Å²) in [6, 6.07) is 14.7. The van der Waals surface area contributed by atoms with Crippen LogP contribution in [0.25, 0.3) is 32.9 Å². The van der Waals surface area contributed by atoms with Gasteiger partial charge in [0.1, 0.15) is 11.6 Å². The van der Waals surface area contributed by atoms with Crippen molar-refractivity contribution in [1.82, 2.24) is 25.0 Å². The van der Waals surface area contributed by atoms with Crippen LogP contribution in [0, 0.1) is 11.6 Å². The Morgan fingerprint density at radius 1 is 1.06 bits per heavy atom. The second-order valence-corrected chi connectivity index (χ2v) is 8.06. The third-order valence-electron chi connectivity index (χ3n) is 5.04. The Labute approximate surface area is 190 Å². The molecule has 7 nitrogen and oxygen atoms in total. The molecular weight excluding hydrogens is 446 g/mol. The summed E-state index contributed by atoms with van der Waals surface area (Å²) in [7, 11) is 0. The smallest absolute Gasteiger partial charge is 0.258 e. The molecule has 0 atom stereocenters. The quantitative estimate of drug-likeness (QED) is 0.390. The van der Waals surface area contributed by atoms with Crippen LogP contribution in [0.1, 0.15) is 17.3 Å². The Balaban J connectivity index is 1.53. The first-order valence-corrected chi connectivity index (χ1v) is 10.9. The highest BCUT2D eigenvalue weighted by Crippen LogP contribution is 2.31. The number of aryl methyl sites for hydroxylation is 1. The Kier molecular flexibility index (Phi) is 5.35. The van der Waals surface area contributed by atoms with E-state index in [9.17, 15) is 13.6 Å². The van der Waals surface area contributed by atoms with Gasteiger partial charge in [-0.15, -0.1) is 10.2 Å². The zero-order valence-electron chi connectivity index (χ0n) is 17.3. The molecule has 5 rings (SSSR count). The number of pyridine rings is 1. The van der Waals surface area contributed by atoms with Crippen molar-refractivity contribution in [2.45, 2.75) is 13.5 Å². The van der Waals surface area contributed by atoms with Crippen LogP contribution < -0.4 is 5.32 Å². The summed E-state index contributed by atoms with van der Waals surface area (Å²) in [5.41, 5.74) is 2.13. The van der Waals surface area contributed by atoms with E-state index in [0.29, 0.717) is 28.8 Å². The van der Waals surface area contributed by atoms with Crippen molar-refractivity contribution < 1.29 is 13.6 Å². The van der Waals surface area contributed by atoms with Gasteiger partial charge in [0.25, 0.3) is 5.91 Å². The molecule has 3 heterocycles. The summed E-state index contributed by atoms with van der Waals surface area (Å²) < 4.78 is 29.9. The minimum absolute atomic E-state index is 0.0320. The van der Waals surface area contributed by atoms with Crippen molar-refractivity contribution in [3.8, 4) is 21.8 Å². The first kappa shape index (κ1) is 20.8. The monoisotopic (exact) mass is 462 g/mol. The molecule has 0 aliphatic rings. The zero-order valence-corrected chi connectivity index (χ0v) is 18.1. The maximum absolute atomic E-state index is 14.1. The molecule has 0 fully saturated rings. The fourth-order valence-corrected chi connectivity index (χ4v) is 4.25. The largest absolute Gasteiger partial charge is 0.296 e. The first-order chi connectivity index (χ1) is 16.0. The number of carbonyl (C=O) groups is 1. The van der Waals surface area contributed by atoms with Gasteiger partial charge in [0.2, 0.25) is 5.13 Å². The van der Waals surface area contributed by atoms with E-state index in [0.717, 1.165) is 29.0 Å². The van der Waals surface area contributed by atoms with E-state index in [1.54, 1.807) is 16.9 Å². The lowest BCUT2D eigenvalue weighted by atomic mass is 10.1. The highest BCUT2D eigenvalue weighted by Gasteiger charge is 2.20. The first-order valence-electron chi connectivity index (χ1n) is 10.1. The Morgan fingerprint density at radius 2 is 1.82 bits per heavy atom. The average Bonchev–Trinajstić information content (AvgIpc) is 3.45. The number of benzene rings is 2. The average molecular weight is 462 g/mol. The number of halogens is 2. The summed E-state index contributed by atoms with van der Waals surface area (Å²) in [6.45, 7) is 2.53. The van der Waals surface area contributed by atoms with E-state index in [1.807, 2.05) is 37.3 Å². The lowest BCUT2D eigenvalue weighted by Crippen LogP contribution is -2.13. The summed E-state index contributed by atoms with van der Waals surface area (Å²) >= 11 is 0.882. The summed E-state index contributed by atoms with van der Waals surface area (Å²) in [6.07, 6.45) is 1.59. The molecule has 0 aliphatic carbocycles. The van der Waals surface area contributed by atoms with E-state index in [1.165, 1.54) is 6.07 Å². The predicted molar refractivity (Wildman–Crippen MR) is 122 cm³/mol. The highest BCUT2D eigenvalue weighted by atomic mass is 32.1. The molecule has 1 N–H and O–H groups in total. The topological polar surface area (TPSA) is 85.6 Å². The minimum Gasteiger partial charge on any atom is -0.296 e. The third-order valence-corrected chi connectivity index (χ3v) is 5.90. The van der Waals surface area contributed by atoms with E-state index in [4.69, 9.17) is 4.98 Å². The highest BCUT2D eigenvalue weighted by molar-refractivity contribution is 7.18. The molecule has 0 saturated heterocycles. The lowest BCUT2D eigenvalue weighted by Gasteiger charge is -2.08. The van der Waals surface area contributed by atoms with Crippen LogP contribution in [0.4, 0.5) is 13.9 Å². The van der Waals surface area contributed by atoms with Gasteiger partial charge in [0.05, 0.1) is 28.4 Å². The maximum Gasteiger partial charge on any atom is 0.258 e. The van der Waals surface area contributed by atoms with Crippen LogP contribution in [0.3, 0.4) is 0 Å². The molecule has 164 valence electrons. The fraction of sp³-hybridized carbons (Fsp3) is 0.0870. The second kappa shape index (κ2) is 8.47. The number of nitrogens with one attached hydrogen (secondary N) is 1. The molecule has 0 saturated carbocycles. The third kappa shape index (κ3) is 3.85. The summed E-state index contributed by atoms with van der Waals surface area (Å²) in [5, 5.41) is 15.5. The molecule has 0 aliphatic heterocycles. The number of hydrogen-bond donors (Lipinski definition) is 1. The second-order valence-electron chi connectivity index (χ2n) is 7.08. The molecule has 0 radical (unpaired) electrons. The number of carbonyl (C=O) groups excluding carboxylic acids is 1. The van der Waals surface area contributed by atoms with Gasteiger partial charge in [-0.05, 0) is 25.1 Å². The molecule has 3 aromatic heterocycles. The molecule has 33 heavy (non-hydrogen) atoms. The maximum atomic E-state index is 14.1. The van der Waals surface area contributed by atoms with Crippen molar-refractivity contribution in [3.05, 3.63) is 78.0 Å². The SMILES string of the molecule is CCn1ncc2c(C(=O)Nc3nnc(-c4c(F)cccc4F)s3)cc(-c3ccccc3)nc21. The van der Waals surface area contributed by atoms with Gasteiger partial charge in [0, 0.05) is 12.1 Å². The van der Waals surface area contributed by atoms with Crippen LogP contribution in [-0.2, 0) is 6.54 Å². The van der Waals surface area contributed by atoms with Gasteiger partial charge in [0.15, 0.2) is 10.7 Å². The van der Waals surface area contributed by atoms with Crippen molar-refractivity contribution in [1.29, 1.82) is 0 Å². The van der Waals surface area contributed by atoms with Crippen molar-refractivity contribution in [3.63, 3.8) is 0 Å². The predicted octanol–water partition coefficient (Wildman–Crippen LogP) is 5.17. The van der Waals surface area contributed by atoms with E-state index in [2.05, 4.69) is 20.6 Å². The minimum atomic E-state index is -0.751. The molecule has 2 aromatic carbocycles. The Bertz CT molecular complexity index is 1460. The van der Waals surface area contributed by atoms with Crippen LogP contribution in [0.5, 0.6) is 0 Å². The van der Waals surface area contributed by atoms with Gasteiger partial charge in [-0.3, -0.25) is 10.1 Å². The normalized spacial score (nSPS) is 11.1. The van der Waals surface area contributed by atoms with E-state index >= 15 is 0 Å². The van der Waals surface area contributed by atoms with Crippen molar-refractivity contribution in [2.24, 2.45) is 0 Å². The van der Waals surface area contributed by atoms with E-state index < -0.39 is 17.5 Å². The van der Waals surface area contributed by atoms with Gasteiger partial charge in [-0.25, -0.2) is 18.4 Å². The summed E-state index contributed by atoms with van der Waals surface area (Å²) in [5.74, 6) is -1.95. The van der Waals surface area contributed by atoms with Crippen molar-refractivity contribution >= 4 is 33.4 Å². The zero-order chi connectivity index (χ0) is 22.9. The van der Waals surface area contributed by atoms with Crippen LogP contribution >= 0.6 is 11.3 Å². The van der Waals surface area contributed by atoms with Crippen LogP contribution in [0.15, 0.2) is 60.8 Å². The fourth-order valence-electron chi connectivity index (χ4n) is 3.47. The van der Waals surface area contributed by atoms with Gasteiger partial charge in [-0.2, -0.15) is 5.10 Å². The molecule has 0 spiro atoms. The number of nitrogens with zero attached hydrogens (tertiary/aromatic N) is 5. The van der Waals surface area contributed by atoms with Gasteiger partial charge < -0.3 is 0 Å².